The second kappa shape index (κ2) is 7.41. The average Bonchev–Trinajstić information content (AvgIpc) is 2.78. The van der Waals surface area contributed by atoms with Gasteiger partial charge in [-0.25, -0.2) is 0 Å². The molecule has 0 unspecified atom stereocenters. The lowest BCUT2D eigenvalue weighted by Gasteiger charge is -2.24. The Morgan fingerprint density at radius 1 is 1.33 bits per heavy atom. The Hall–Kier alpha value is -1.61. The van der Waals surface area contributed by atoms with Crippen molar-refractivity contribution in [1.82, 2.24) is 9.80 Å². The normalized spacial score (nSPS) is 11.7. The Morgan fingerprint density at radius 3 is 2.48 bits per heavy atom. The van der Waals surface area contributed by atoms with Gasteiger partial charge < -0.3 is 10.0 Å². The molecule has 5 nitrogen and oxygen atoms in total. The molecule has 0 bridgehead atoms. The van der Waals surface area contributed by atoms with Gasteiger partial charge in [-0.05, 0) is 22.4 Å². The van der Waals surface area contributed by atoms with E-state index >= 15 is 0 Å². The Morgan fingerprint density at radius 2 is 2.00 bits per heavy atom. The summed E-state index contributed by atoms with van der Waals surface area (Å²) in [4.78, 5) is 24.3. The summed E-state index contributed by atoms with van der Waals surface area (Å²) in [5.41, 5.74) is 0.872. The first-order valence-electron chi connectivity index (χ1n) is 5.93. The first-order valence-corrected chi connectivity index (χ1v) is 6.87. The fraction of sp³-hybridized carbons (Fsp3) is 0.500. The Balaban J connectivity index is 2.59. The Bertz CT molecular complexity index is 477. The molecule has 118 valence electrons. The zero-order valence-corrected chi connectivity index (χ0v) is 12.1. The molecule has 0 spiro atoms. The van der Waals surface area contributed by atoms with Gasteiger partial charge in [-0.3, -0.25) is 14.5 Å². The lowest BCUT2D eigenvalue weighted by molar-refractivity contribution is -0.156. The van der Waals surface area contributed by atoms with E-state index in [2.05, 4.69) is 0 Å². The summed E-state index contributed by atoms with van der Waals surface area (Å²) < 4.78 is 37.1. The molecular weight excluding hydrogens is 309 g/mol. The predicted octanol–water partition coefficient (Wildman–Crippen LogP) is 1.66. The summed E-state index contributed by atoms with van der Waals surface area (Å²) in [6.45, 7) is -2.59. The van der Waals surface area contributed by atoms with Crippen LogP contribution in [-0.4, -0.2) is 59.6 Å². The summed E-state index contributed by atoms with van der Waals surface area (Å²) in [6, 6.07) is 1.80. The number of carboxylic acid groups (broad SMARTS) is 1. The van der Waals surface area contributed by atoms with Crippen LogP contribution in [0.3, 0.4) is 0 Å². The number of carbonyl (C=O) groups is 2. The predicted molar refractivity (Wildman–Crippen MR) is 70.9 cm³/mol. The average molecular weight is 324 g/mol. The lowest BCUT2D eigenvalue weighted by atomic mass is 10.3. The van der Waals surface area contributed by atoms with Gasteiger partial charge in [0.2, 0.25) is 5.91 Å². The number of carboxylic acids is 1. The van der Waals surface area contributed by atoms with Crippen LogP contribution in [0.5, 0.6) is 0 Å². The van der Waals surface area contributed by atoms with Crippen LogP contribution in [0.2, 0.25) is 0 Å². The van der Waals surface area contributed by atoms with Crippen LogP contribution in [0.25, 0.3) is 0 Å². The topological polar surface area (TPSA) is 60.9 Å². The molecule has 0 saturated carbocycles. The van der Waals surface area contributed by atoms with Gasteiger partial charge in [0.15, 0.2) is 0 Å². The number of thiophene rings is 1. The number of carbonyl (C=O) groups excluding carboxylic acids is 1. The van der Waals surface area contributed by atoms with Crippen LogP contribution < -0.4 is 0 Å². The van der Waals surface area contributed by atoms with Crippen molar-refractivity contribution in [2.24, 2.45) is 0 Å². The van der Waals surface area contributed by atoms with Gasteiger partial charge in [0, 0.05) is 13.6 Å². The van der Waals surface area contributed by atoms with Gasteiger partial charge in [0.1, 0.15) is 0 Å². The van der Waals surface area contributed by atoms with Crippen molar-refractivity contribution in [2.75, 3.05) is 26.7 Å². The number of hydrogen-bond donors (Lipinski definition) is 1. The van der Waals surface area contributed by atoms with Gasteiger partial charge in [-0.1, -0.05) is 0 Å². The number of amides is 1. The van der Waals surface area contributed by atoms with Crippen LogP contribution in [-0.2, 0) is 16.1 Å². The van der Waals surface area contributed by atoms with Gasteiger partial charge in [-0.2, -0.15) is 24.5 Å². The second-order valence-corrected chi connectivity index (χ2v) is 5.32. The van der Waals surface area contributed by atoms with Crippen LogP contribution in [0.15, 0.2) is 16.8 Å². The third kappa shape index (κ3) is 7.09. The lowest BCUT2D eigenvalue weighted by Crippen LogP contribution is -2.44. The van der Waals surface area contributed by atoms with E-state index in [1.165, 1.54) is 23.3 Å². The van der Waals surface area contributed by atoms with E-state index in [-0.39, 0.29) is 6.54 Å². The van der Waals surface area contributed by atoms with E-state index < -0.39 is 37.7 Å². The van der Waals surface area contributed by atoms with Gasteiger partial charge >= 0.3 is 12.1 Å². The van der Waals surface area contributed by atoms with Crippen molar-refractivity contribution in [3.05, 3.63) is 22.4 Å². The molecule has 0 aliphatic heterocycles. The monoisotopic (exact) mass is 324 g/mol. The zero-order chi connectivity index (χ0) is 16.0. The van der Waals surface area contributed by atoms with Crippen LogP contribution in [0.4, 0.5) is 13.2 Å². The van der Waals surface area contributed by atoms with E-state index in [9.17, 15) is 22.8 Å². The highest BCUT2D eigenvalue weighted by atomic mass is 32.1. The van der Waals surface area contributed by atoms with Crippen LogP contribution in [0.1, 0.15) is 5.56 Å². The molecule has 0 atom stereocenters. The van der Waals surface area contributed by atoms with Crippen molar-refractivity contribution in [3.63, 3.8) is 0 Å². The molecule has 1 N–H and O–H groups in total. The summed E-state index contributed by atoms with van der Waals surface area (Å²) in [7, 11) is 1.46. The fourth-order valence-electron chi connectivity index (χ4n) is 1.67. The van der Waals surface area contributed by atoms with Crippen molar-refractivity contribution in [1.29, 1.82) is 0 Å². The summed E-state index contributed by atoms with van der Waals surface area (Å²) in [5.74, 6) is -1.97. The van der Waals surface area contributed by atoms with E-state index in [0.717, 1.165) is 5.56 Å². The minimum Gasteiger partial charge on any atom is -0.480 e. The first-order chi connectivity index (χ1) is 9.67. The van der Waals surface area contributed by atoms with Crippen LogP contribution in [0, 0.1) is 0 Å². The van der Waals surface area contributed by atoms with E-state index in [1.807, 2.05) is 10.8 Å². The number of nitrogens with zero attached hydrogens (tertiary/aromatic N) is 2. The number of aliphatic carboxylic acids is 1. The zero-order valence-electron chi connectivity index (χ0n) is 11.3. The number of alkyl halides is 3. The highest BCUT2D eigenvalue weighted by molar-refractivity contribution is 7.07. The first kappa shape index (κ1) is 17.4. The maximum atomic E-state index is 12.4. The van der Waals surface area contributed by atoms with Crippen molar-refractivity contribution < 1.29 is 27.9 Å². The quantitative estimate of drug-likeness (QED) is 0.828. The van der Waals surface area contributed by atoms with Crippen molar-refractivity contribution in [2.45, 2.75) is 12.7 Å². The molecule has 1 aromatic heterocycles. The molecule has 9 heteroatoms. The number of likely N-dealkylation sites (N-methyl/N-ethyl adjacent to an activating group) is 1. The Kier molecular flexibility index (Phi) is 6.16. The largest absolute Gasteiger partial charge is 0.480 e. The third-order valence-corrected chi connectivity index (χ3v) is 3.28. The molecule has 21 heavy (non-hydrogen) atoms. The number of rotatable bonds is 7. The molecule has 0 radical (unpaired) electrons. The van der Waals surface area contributed by atoms with Crippen molar-refractivity contribution >= 4 is 23.2 Å². The smallest absolute Gasteiger partial charge is 0.401 e. The van der Waals surface area contributed by atoms with Gasteiger partial charge in [0.05, 0.1) is 19.6 Å². The highest BCUT2D eigenvalue weighted by Gasteiger charge is 2.32. The molecule has 0 saturated heterocycles. The minimum absolute atomic E-state index is 0.273. The molecule has 1 heterocycles. The molecule has 0 aliphatic carbocycles. The molecule has 0 fully saturated rings. The highest BCUT2D eigenvalue weighted by Crippen LogP contribution is 2.16. The summed E-state index contributed by atoms with van der Waals surface area (Å²) >= 11 is 1.45. The minimum atomic E-state index is -4.55. The van der Waals surface area contributed by atoms with E-state index in [0.29, 0.717) is 4.90 Å². The van der Waals surface area contributed by atoms with E-state index in [4.69, 9.17) is 5.11 Å². The third-order valence-electron chi connectivity index (χ3n) is 2.55. The molecule has 1 aromatic rings. The number of hydrogen-bond acceptors (Lipinski definition) is 4. The standard InChI is InChI=1S/C12H15F3N2O3S/c1-16(4-9-2-3-21-7-9)10(18)5-17(6-11(19)20)8-12(13,14)15/h2-3,7H,4-6,8H2,1H3,(H,19,20). The second-order valence-electron chi connectivity index (χ2n) is 4.54. The number of halogens is 3. The molecule has 1 rings (SSSR count). The van der Waals surface area contributed by atoms with Crippen LogP contribution >= 0.6 is 11.3 Å². The van der Waals surface area contributed by atoms with E-state index in [1.54, 1.807) is 6.07 Å². The summed E-state index contributed by atoms with van der Waals surface area (Å²) in [6.07, 6.45) is -4.55. The van der Waals surface area contributed by atoms with Crippen molar-refractivity contribution in [3.8, 4) is 0 Å². The fourth-order valence-corrected chi connectivity index (χ4v) is 2.33. The molecule has 0 aromatic carbocycles. The molecular formula is C12H15F3N2O3S. The van der Waals surface area contributed by atoms with Gasteiger partial charge in [-0.15, -0.1) is 0 Å². The molecule has 0 aliphatic rings. The van der Waals surface area contributed by atoms with Gasteiger partial charge in [0.25, 0.3) is 0 Å². The molecule has 1 amide bonds. The SMILES string of the molecule is CN(Cc1ccsc1)C(=O)CN(CC(=O)O)CC(F)(F)F. The maximum Gasteiger partial charge on any atom is 0.401 e. The maximum absolute atomic E-state index is 12.4. The Labute approximate surface area is 123 Å². The summed E-state index contributed by atoms with van der Waals surface area (Å²) in [5, 5.41) is 12.3.